The van der Waals surface area contributed by atoms with E-state index in [0.29, 0.717) is 11.8 Å². The minimum absolute atomic E-state index is 0.273. The predicted octanol–water partition coefficient (Wildman–Crippen LogP) is 1.92. The van der Waals surface area contributed by atoms with Crippen LogP contribution in [0.15, 0.2) is 29.0 Å². The van der Waals surface area contributed by atoms with E-state index in [9.17, 15) is 0 Å². The predicted molar refractivity (Wildman–Crippen MR) is 51.9 cm³/mol. The van der Waals surface area contributed by atoms with E-state index in [1.165, 1.54) is 12.0 Å². The molecule has 14 heavy (non-hydrogen) atoms. The van der Waals surface area contributed by atoms with Crippen LogP contribution in [-0.4, -0.2) is 16.7 Å². The molecule has 2 unspecified atom stereocenters. The highest BCUT2D eigenvalue weighted by molar-refractivity contribution is 5.77. The van der Waals surface area contributed by atoms with Gasteiger partial charge in [-0.3, -0.25) is 0 Å². The normalized spacial score (nSPS) is 25.5. The summed E-state index contributed by atoms with van der Waals surface area (Å²) >= 11 is 0. The Morgan fingerprint density at radius 1 is 1.50 bits per heavy atom. The van der Waals surface area contributed by atoms with Gasteiger partial charge in [-0.05, 0) is 24.3 Å². The van der Waals surface area contributed by atoms with Gasteiger partial charge < -0.3 is 9.52 Å². The zero-order chi connectivity index (χ0) is 9.54. The van der Waals surface area contributed by atoms with Crippen LogP contribution in [0.2, 0.25) is 0 Å². The van der Waals surface area contributed by atoms with E-state index in [0.717, 1.165) is 17.5 Å². The van der Waals surface area contributed by atoms with Crippen LogP contribution >= 0.6 is 0 Å². The van der Waals surface area contributed by atoms with Crippen molar-refractivity contribution in [3.63, 3.8) is 0 Å². The van der Waals surface area contributed by atoms with E-state index in [1.807, 2.05) is 12.1 Å². The molecule has 2 aromatic rings. The van der Waals surface area contributed by atoms with Crippen LogP contribution in [0.1, 0.15) is 17.9 Å². The zero-order valence-electron chi connectivity index (χ0n) is 7.68. The average molecular weight is 189 g/mol. The molecule has 0 amide bonds. The zero-order valence-corrected chi connectivity index (χ0v) is 7.68. The maximum absolute atomic E-state index is 9.01. The molecule has 1 saturated carbocycles. The number of aliphatic hydroxyl groups excluding tert-OH is 1. The van der Waals surface area contributed by atoms with Gasteiger partial charge in [-0.2, -0.15) is 0 Å². The molecule has 1 N–H and O–H groups in total. The number of aliphatic hydroxyl groups is 1. The van der Waals surface area contributed by atoms with Crippen LogP contribution in [0.3, 0.4) is 0 Å². The Balaban J connectivity index is 2.08. The fourth-order valence-electron chi connectivity index (χ4n) is 2.03. The van der Waals surface area contributed by atoms with Crippen molar-refractivity contribution >= 4 is 11.1 Å². The Bertz CT molecular complexity index is 463. The van der Waals surface area contributed by atoms with E-state index < -0.39 is 0 Å². The third kappa shape index (κ3) is 1.06. The van der Waals surface area contributed by atoms with Crippen molar-refractivity contribution in [2.24, 2.45) is 5.92 Å². The molecule has 3 heteroatoms. The van der Waals surface area contributed by atoms with Gasteiger partial charge in [0.15, 0.2) is 12.0 Å². The minimum Gasteiger partial charge on any atom is -0.443 e. The lowest BCUT2D eigenvalue weighted by molar-refractivity contribution is 0.274. The Kier molecular flexibility index (Phi) is 1.61. The summed E-state index contributed by atoms with van der Waals surface area (Å²) in [4.78, 5) is 4.11. The largest absolute Gasteiger partial charge is 0.443 e. The molecule has 3 rings (SSSR count). The maximum Gasteiger partial charge on any atom is 0.181 e. The van der Waals surface area contributed by atoms with E-state index in [4.69, 9.17) is 9.52 Å². The van der Waals surface area contributed by atoms with Crippen molar-refractivity contribution in [2.45, 2.75) is 12.3 Å². The number of benzene rings is 1. The van der Waals surface area contributed by atoms with E-state index >= 15 is 0 Å². The number of fused-ring (bicyclic) bond motifs is 1. The monoisotopic (exact) mass is 189 g/mol. The van der Waals surface area contributed by atoms with Crippen LogP contribution in [0, 0.1) is 5.92 Å². The SMILES string of the molecule is OCC1CC1c1cccc2ncoc12. The molecule has 1 aliphatic rings. The Labute approximate surface area is 81.4 Å². The smallest absolute Gasteiger partial charge is 0.181 e. The second-order valence-corrected chi connectivity index (χ2v) is 3.83. The van der Waals surface area contributed by atoms with Crippen LogP contribution in [0.5, 0.6) is 0 Å². The lowest BCUT2D eigenvalue weighted by atomic mass is 10.1. The number of hydrogen-bond acceptors (Lipinski definition) is 3. The van der Waals surface area contributed by atoms with Crippen molar-refractivity contribution in [3.05, 3.63) is 30.2 Å². The molecule has 72 valence electrons. The molecule has 0 aliphatic heterocycles. The molecular formula is C11H11NO2. The summed E-state index contributed by atoms with van der Waals surface area (Å²) in [5.41, 5.74) is 2.98. The number of rotatable bonds is 2. The van der Waals surface area contributed by atoms with Crippen LogP contribution < -0.4 is 0 Å². The lowest BCUT2D eigenvalue weighted by Crippen LogP contribution is -1.88. The van der Waals surface area contributed by atoms with Crippen molar-refractivity contribution in [2.75, 3.05) is 6.61 Å². The molecule has 1 fully saturated rings. The summed E-state index contributed by atoms with van der Waals surface area (Å²) in [5.74, 6) is 0.891. The highest BCUT2D eigenvalue weighted by Gasteiger charge is 2.39. The van der Waals surface area contributed by atoms with E-state index in [2.05, 4.69) is 11.1 Å². The third-order valence-corrected chi connectivity index (χ3v) is 2.94. The summed E-state index contributed by atoms with van der Waals surface area (Å²) in [6, 6.07) is 6.00. The lowest BCUT2D eigenvalue weighted by Gasteiger charge is -1.98. The second kappa shape index (κ2) is 2.82. The molecule has 1 heterocycles. The van der Waals surface area contributed by atoms with Crippen molar-refractivity contribution in [3.8, 4) is 0 Å². The van der Waals surface area contributed by atoms with Crippen molar-refractivity contribution < 1.29 is 9.52 Å². The number of hydrogen-bond donors (Lipinski definition) is 1. The Morgan fingerprint density at radius 3 is 3.21 bits per heavy atom. The molecule has 1 aliphatic carbocycles. The number of oxazole rings is 1. The van der Waals surface area contributed by atoms with Crippen LogP contribution in [-0.2, 0) is 0 Å². The first-order valence-electron chi connectivity index (χ1n) is 4.83. The minimum atomic E-state index is 0.273. The summed E-state index contributed by atoms with van der Waals surface area (Å²) in [5, 5.41) is 9.01. The van der Waals surface area contributed by atoms with Gasteiger partial charge in [-0.1, -0.05) is 12.1 Å². The van der Waals surface area contributed by atoms with Gasteiger partial charge in [0.2, 0.25) is 0 Å². The van der Waals surface area contributed by atoms with Crippen LogP contribution in [0.25, 0.3) is 11.1 Å². The molecule has 3 nitrogen and oxygen atoms in total. The third-order valence-electron chi connectivity index (χ3n) is 2.94. The van der Waals surface area contributed by atoms with Gasteiger partial charge in [-0.15, -0.1) is 0 Å². The molecule has 0 spiro atoms. The van der Waals surface area contributed by atoms with Crippen LogP contribution in [0.4, 0.5) is 0 Å². The Hall–Kier alpha value is -1.35. The number of nitrogens with zero attached hydrogens (tertiary/aromatic N) is 1. The fraction of sp³-hybridized carbons (Fsp3) is 0.364. The first-order chi connectivity index (χ1) is 6.90. The molecule has 0 radical (unpaired) electrons. The number of para-hydroxylation sites is 1. The summed E-state index contributed by atoms with van der Waals surface area (Å²) in [6.45, 7) is 0.273. The highest BCUT2D eigenvalue weighted by atomic mass is 16.3. The standard InChI is InChI=1S/C11H11NO2/c13-5-7-4-9(7)8-2-1-3-10-11(8)14-6-12-10/h1-3,6-7,9,13H,4-5H2. The molecule has 1 aromatic carbocycles. The van der Waals surface area contributed by atoms with Gasteiger partial charge in [-0.25, -0.2) is 4.98 Å². The van der Waals surface area contributed by atoms with Gasteiger partial charge in [0.25, 0.3) is 0 Å². The molecule has 0 bridgehead atoms. The molecule has 1 aromatic heterocycles. The summed E-state index contributed by atoms with van der Waals surface area (Å²) in [7, 11) is 0. The van der Waals surface area contributed by atoms with Gasteiger partial charge in [0.1, 0.15) is 5.52 Å². The first kappa shape index (κ1) is 8.00. The molecular weight excluding hydrogens is 178 g/mol. The topological polar surface area (TPSA) is 46.3 Å². The number of aromatic nitrogens is 1. The van der Waals surface area contributed by atoms with Crippen molar-refractivity contribution in [1.82, 2.24) is 4.98 Å². The molecule has 2 atom stereocenters. The van der Waals surface area contributed by atoms with E-state index in [-0.39, 0.29) is 6.61 Å². The summed E-state index contributed by atoms with van der Waals surface area (Å²) < 4.78 is 5.35. The van der Waals surface area contributed by atoms with Crippen molar-refractivity contribution in [1.29, 1.82) is 0 Å². The fourth-order valence-corrected chi connectivity index (χ4v) is 2.03. The average Bonchev–Trinajstić information content (AvgIpc) is 2.85. The van der Waals surface area contributed by atoms with Gasteiger partial charge >= 0.3 is 0 Å². The molecule has 0 saturated heterocycles. The van der Waals surface area contributed by atoms with Gasteiger partial charge in [0, 0.05) is 12.2 Å². The second-order valence-electron chi connectivity index (χ2n) is 3.83. The van der Waals surface area contributed by atoms with E-state index in [1.54, 1.807) is 0 Å². The summed E-state index contributed by atoms with van der Waals surface area (Å²) in [6.07, 6.45) is 2.54. The first-order valence-corrected chi connectivity index (χ1v) is 4.83. The quantitative estimate of drug-likeness (QED) is 0.785. The van der Waals surface area contributed by atoms with Gasteiger partial charge in [0.05, 0.1) is 0 Å². The Morgan fingerprint density at radius 2 is 2.43 bits per heavy atom. The highest BCUT2D eigenvalue weighted by Crippen LogP contribution is 2.48. The maximum atomic E-state index is 9.01.